The molecular weight excluding hydrogens is 285 g/mol. The second kappa shape index (κ2) is 8.31. The molecule has 0 unspecified atom stereocenters. The van der Waals surface area contributed by atoms with Crippen LogP contribution >= 0.6 is 23.2 Å². The Kier molecular flexibility index (Phi) is 7.06. The average Bonchev–Trinajstić information content (AvgIpc) is 2.35. The molecule has 0 fully saturated rings. The van der Waals surface area contributed by atoms with Crippen LogP contribution in [0.4, 0.5) is 0 Å². The molecule has 5 heteroatoms. The van der Waals surface area contributed by atoms with Crippen LogP contribution in [0, 0.1) is 0 Å². The van der Waals surface area contributed by atoms with Gasteiger partial charge in [0.05, 0.1) is 10.8 Å². The van der Waals surface area contributed by atoms with E-state index < -0.39 is 0 Å². The van der Waals surface area contributed by atoms with E-state index in [4.69, 9.17) is 32.7 Å². The second-order valence-electron chi connectivity index (χ2n) is 4.22. The molecule has 19 heavy (non-hydrogen) atoms. The predicted molar refractivity (Wildman–Crippen MR) is 80.2 cm³/mol. The summed E-state index contributed by atoms with van der Waals surface area (Å²) in [6, 6.07) is 5.17. The van der Waals surface area contributed by atoms with Gasteiger partial charge < -0.3 is 14.8 Å². The molecule has 0 amide bonds. The number of rotatable bonds is 8. The first-order chi connectivity index (χ1) is 9.02. The quantitative estimate of drug-likeness (QED) is 0.739. The molecule has 0 aliphatic heterocycles. The molecule has 0 aromatic heterocycles. The van der Waals surface area contributed by atoms with E-state index in [0.29, 0.717) is 28.2 Å². The maximum atomic E-state index is 6.09. The molecule has 0 spiro atoms. The van der Waals surface area contributed by atoms with Gasteiger partial charge in [-0.25, -0.2) is 0 Å². The Morgan fingerprint density at radius 1 is 1.42 bits per heavy atom. The van der Waals surface area contributed by atoms with Gasteiger partial charge >= 0.3 is 0 Å². The van der Waals surface area contributed by atoms with Crippen molar-refractivity contribution in [3.8, 4) is 5.75 Å². The van der Waals surface area contributed by atoms with E-state index in [1.165, 1.54) is 0 Å². The fraction of sp³-hybridized carbons (Fsp3) is 0.429. The summed E-state index contributed by atoms with van der Waals surface area (Å²) >= 11 is 11.9. The van der Waals surface area contributed by atoms with Gasteiger partial charge in [-0.15, -0.1) is 0 Å². The number of nitrogens with one attached hydrogen (secondary N) is 1. The lowest BCUT2D eigenvalue weighted by Crippen LogP contribution is -2.27. The van der Waals surface area contributed by atoms with Crippen LogP contribution in [0.15, 0.2) is 30.5 Å². The zero-order chi connectivity index (χ0) is 14.3. The number of benzene rings is 1. The number of ether oxygens (including phenoxy) is 2. The van der Waals surface area contributed by atoms with Crippen molar-refractivity contribution in [2.45, 2.75) is 19.4 Å². The first-order valence-electron chi connectivity index (χ1n) is 6.07. The zero-order valence-electron chi connectivity index (χ0n) is 11.2. The summed E-state index contributed by atoms with van der Waals surface area (Å²) in [7, 11) is 1.89. The minimum absolute atomic E-state index is 0.0946. The fourth-order valence-corrected chi connectivity index (χ4v) is 1.92. The van der Waals surface area contributed by atoms with Gasteiger partial charge in [-0.3, -0.25) is 0 Å². The number of halogens is 2. The van der Waals surface area contributed by atoms with Gasteiger partial charge in [0.15, 0.2) is 0 Å². The lowest BCUT2D eigenvalue weighted by molar-refractivity contribution is 0.0845. The third kappa shape index (κ3) is 6.19. The fourth-order valence-electron chi connectivity index (χ4n) is 1.47. The Morgan fingerprint density at radius 3 is 2.74 bits per heavy atom. The lowest BCUT2D eigenvalue weighted by atomic mass is 10.2. The van der Waals surface area contributed by atoms with Crippen LogP contribution in [0.25, 0.3) is 0 Å². The van der Waals surface area contributed by atoms with Gasteiger partial charge in [-0.05, 0) is 38.7 Å². The predicted octanol–water partition coefficient (Wildman–Crippen LogP) is 3.90. The summed E-state index contributed by atoms with van der Waals surface area (Å²) in [6.45, 7) is 6.79. The SMILES string of the molecule is C=C(C)OC[C@@H](CCNC)Oc1ccc(Cl)cc1Cl. The summed E-state index contributed by atoms with van der Waals surface area (Å²) in [6.07, 6.45) is 0.714. The summed E-state index contributed by atoms with van der Waals surface area (Å²) in [4.78, 5) is 0. The average molecular weight is 304 g/mol. The first kappa shape index (κ1) is 16.2. The Hall–Kier alpha value is -0.900. The zero-order valence-corrected chi connectivity index (χ0v) is 12.7. The van der Waals surface area contributed by atoms with E-state index >= 15 is 0 Å². The number of hydrogen-bond acceptors (Lipinski definition) is 3. The van der Waals surface area contributed by atoms with Crippen LogP contribution in [0.1, 0.15) is 13.3 Å². The summed E-state index contributed by atoms with van der Waals surface area (Å²) in [5.41, 5.74) is 0. The highest BCUT2D eigenvalue weighted by Gasteiger charge is 2.13. The summed E-state index contributed by atoms with van der Waals surface area (Å²) in [5, 5.41) is 4.17. The van der Waals surface area contributed by atoms with Gasteiger partial charge in [0, 0.05) is 11.4 Å². The van der Waals surface area contributed by atoms with Crippen molar-refractivity contribution >= 4 is 23.2 Å². The highest BCUT2D eigenvalue weighted by molar-refractivity contribution is 6.35. The number of allylic oxidation sites excluding steroid dienone is 1. The molecule has 0 saturated carbocycles. The maximum Gasteiger partial charge on any atom is 0.138 e. The molecule has 1 aromatic rings. The second-order valence-corrected chi connectivity index (χ2v) is 5.06. The van der Waals surface area contributed by atoms with Crippen molar-refractivity contribution in [3.63, 3.8) is 0 Å². The van der Waals surface area contributed by atoms with Crippen LogP contribution in [0.2, 0.25) is 10.0 Å². The Morgan fingerprint density at radius 2 is 2.16 bits per heavy atom. The molecule has 1 rings (SSSR count). The van der Waals surface area contributed by atoms with E-state index in [1.807, 2.05) is 14.0 Å². The van der Waals surface area contributed by atoms with Crippen molar-refractivity contribution in [1.82, 2.24) is 5.32 Å². The standard InChI is InChI=1S/C14H19Cl2NO2/c1-10(2)18-9-12(6-7-17-3)19-14-5-4-11(15)8-13(14)16/h4-5,8,12,17H,1,6-7,9H2,2-3H3/t12-/m1/s1. The normalized spacial score (nSPS) is 12.0. The molecule has 0 heterocycles. The molecule has 3 nitrogen and oxygen atoms in total. The monoisotopic (exact) mass is 303 g/mol. The molecule has 106 valence electrons. The van der Waals surface area contributed by atoms with E-state index in [-0.39, 0.29) is 6.10 Å². The number of hydrogen-bond donors (Lipinski definition) is 1. The first-order valence-corrected chi connectivity index (χ1v) is 6.83. The Labute approximate surface area is 124 Å². The van der Waals surface area contributed by atoms with Crippen LogP contribution in [0.5, 0.6) is 5.75 Å². The van der Waals surface area contributed by atoms with Crippen LogP contribution in [-0.2, 0) is 4.74 Å². The van der Waals surface area contributed by atoms with Crippen LogP contribution in [-0.4, -0.2) is 26.3 Å². The van der Waals surface area contributed by atoms with Crippen LogP contribution in [0.3, 0.4) is 0 Å². The molecule has 0 aliphatic rings. The maximum absolute atomic E-state index is 6.09. The molecule has 1 atom stereocenters. The van der Waals surface area contributed by atoms with E-state index in [2.05, 4.69) is 11.9 Å². The van der Waals surface area contributed by atoms with Crippen LogP contribution < -0.4 is 10.1 Å². The summed E-state index contributed by atoms with van der Waals surface area (Å²) in [5.74, 6) is 1.28. The molecule has 0 radical (unpaired) electrons. The van der Waals surface area contributed by atoms with E-state index in [1.54, 1.807) is 18.2 Å². The highest BCUT2D eigenvalue weighted by Crippen LogP contribution is 2.28. The molecule has 0 aliphatic carbocycles. The van der Waals surface area contributed by atoms with Gasteiger partial charge in [-0.1, -0.05) is 29.8 Å². The van der Waals surface area contributed by atoms with Crippen molar-refractivity contribution in [3.05, 3.63) is 40.6 Å². The van der Waals surface area contributed by atoms with Crippen molar-refractivity contribution in [1.29, 1.82) is 0 Å². The molecule has 0 saturated heterocycles. The van der Waals surface area contributed by atoms with Gasteiger partial charge in [0.2, 0.25) is 0 Å². The summed E-state index contributed by atoms with van der Waals surface area (Å²) < 4.78 is 11.3. The highest BCUT2D eigenvalue weighted by atomic mass is 35.5. The molecular formula is C14H19Cl2NO2. The van der Waals surface area contributed by atoms with Crippen molar-refractivity contribution < 1.29 is 9.47 Å². The van der Waals surface area contributed by atoms with Gasteiger partial charge in [0.25, 0.3) is 0 Å². The van der Waals surface area contributed by atoms with Gasteiger partial charge in [-0.2, -0.15) is 0 Å². The molecule has 1 N–H and O–H groups in total. The topological polar surface area (TPSA) is 30.5 Å². The minimum atomic E-state index is -0.0946. The molecule has 0 bridgehead atoms. The smallest absolute Gasteiger partial charge is 0.138 e. The lowest BCUT2D eigenvalue weighted by Gasteiger charge is -2.20. The van der Waals surface area contributed by atoms with E-state index in [9.17, 15) is 0 Å². The van der Waals surface area contributed by atoms with E-state index in [0.717, 1.165) is 13.0 Å². The van der Waals surface area contributed by atoms with Crippen molar-refractivity contribution in [2.75, 3.05) is 20.2 Å². The van der Waals surface area contributed by atoms with Crippen molar-refractivity contribution in [2.24, 2.45) is 0 Å². The third-order valence-corrected chi connectivity index (χ3v) is 2.95. The van der Waals surface area contributed by atoms with Gasteiger partial charge in [0.1, 0.15) is 18.5 Å². The molecule has 1 aromatic carbocycles. The Bertz CT molecular complexity index is 424. The third-order valence-electron chi connectivity index (χ3n) is 2.42. The minimum Gasteiger partial charge on any atom is -0.495 e. The Balaban J connectivity index is 2.66. The largest absolute Gasteiger partial charge is 0.495 e.